The summed E-state index contributed by atoms with van der Waals surface area (Å²) in [6, 6.07) is 16.8. The Balaban J connectivity index is 1.29. The van der Waals surface area contributed by atoms with Gasteiger partial charge in [0.25, 0.3) is 5.91 Å². The van der Waals surface area contributed by atoms with Gasteiger partial charge in [0.2, 0.25) is 0 Å². The van der Waals surface area contributed by atoms with Crippen LogP contribution in [0.2, 0.25) is 0 Å². The van der Waals surface area contributed by atoms with Crippen LogP contribution >= 0.6 is 0 Å². The molecule has 1 amide bonds. The molecule has 178 valence electrons. The van der Waals surface area contributed by atoms with Gasteiger partial charge in [0.1, 0.15) is 23.0 Å². The number of benzene rings is 2. The van der Waals surface area contributed by atoms with E-state index in [1.54, 1.807) is 44.4 Å². The summed E-state index contributed by atoms with van der Waals surface area (Å²) in [5.74, 6) is 3.26. The van der Waals surface area contributed by atoms with Crippen molar-refractivity contribution >= 4 is 11.7 Å². The van der Waals surface area contributed by atoms with Crippen LogP contribution in [-0.2, 0) is 4.79 Å². The largest absolute Gasteiger partial charge is 0.497 e. The number of aromatic nitrogens is 2. The van der Waals surface area contributed by atoms with E-state index in [1.807, 2.05) is 36.4 Å². The van der Waals surface area contributed by atoms with Gasteiger partial charge in [-0.05, 0) is 36.4 Å². The van der Waals surface area contributed by atoms with Crippen LogP contribution in [0.5, 0.6) is 23.0 Å². The van der Waals surface area contributed by atoms with E-state index in [4.69, 9.17) is 18.9 Å². The normalized spacial score (nSPS) is 13.4. The molecule has 3 aromatic rings. The first-order chi connectivity index (χ1) is 16.6. The van der Waals surface area contributed by atoms with E-state index in [0.29, 0.717) is 43.4 Å². The first-order valence-electron chi connectivity index (χ1n) is 11.0. The molecule has 9 heteroatoms. The third-order valence-corrected chi connectivity index (χ3v) is 5.68. The molecule has 0 spiro atoms. The monoisotopic (exact) mass is 464 g/mol. The molecule has 34 heavy (non-hydrogen) atoms. The number of anilines is 1. The van der Waals surface area contributed by atoms with Crippen molar-refractivity contribution < 1.29 is 23.7 Å². The molecule has 0 bridgehead atoms. The van der Waals surface area contributed by atoms with Crippen molar-refractivity contribution in [1.29, 1.82) is 0 Å². The van der Waals surface area contributed by atoms with Crippen LogP contribution < -0.4 is 23.8 Å². The van der Waals surface area contributed by atoms with Crippen molar-refractivity contribution in [3.05, 3.63) is 54.6 Å². The van der Waals surface area contributed by atoms with Crippen molar-refractivity contribution in [2.75, 3.05) is 59.0 Å². The van der Waals surface area contributed by atoms with Gasteiger partial charge >= 0.3 is 0 Å². The maximum absolute atomic E-state index is 12.7. The van der Waals surface area contributed by atoms with Gasteiger partial charge in [-0.3, -0.25) is 4.79 Å². The Morgan fingerprint density at radius 2 is 1.38 bits per heavy atom. The van der Waals surface area contributed by atoms with E-state index >= 15 is 0 Å². The number of amides is 1. The third kappa shape index (κ3) is 5.48. The van der Waals surface area contributed by atoms with Crippen LogP contribution in [0.1, 0.15) is 0 Å². The number of hydrogen-bond acceptors (Lipinski definition) is 8. The molecule has 1 aliphatic rings. The van der Waals surface area contributed by atoms with Gasteiger partial charge in [0, 0.05) is 49.9 Å². The summed E-state index contributed by atoms with van der Waals surface area (Å²) < 4.78 is 21.4. The highest BCUT2D eigenvalue weighted by Gasteiger charge is 2.22. The van der Waals surface area contributed by atoms with Crippen LogP contribution in [-0.4, -0.2) is 75.1 Å². The summed E-state index contributed by atoms with van der Waals surface area (Å²) in [4.78, 5) is 16.6. The number of hydrogen-bond donors (Lipinski definition) is 0. The fourth-order valence-corrected chi connectivity index (χ4v) is 3.70. The smallest absolute Gasteiger partial charge is 0.260 e. The summed E-state index contributed by atoms with van der Waals surface area (Å²) in [5.41, 5.74) is 1.77. The minimum absolute atomic E-state index is 0.0489. The van der Waals surface area contributed by atoms with E-state index in [9.17, 15) is 4.79 Å². The SMILES string of the molecule is COc1ccc(-c2ccc(N3CCN(C(=O)COc4cc(OC)cc(OC)c4)CC3)nn2)cc1. The average molecular weight is 465 g/mol. The standard InChI is InChI=1S/C25H28N4O5/c1-31-19-6-4-18(5-7-19)23-8-9-24(27-26-23)28-10-12-29(13-11-28)25(30)17-34-22-15-20(32-2)14-21(16-22)33-3/h4-9,14-16H,10-13,17H2,1-3H3. The zero-order valence-electron chi connectivity index (χ0n) is 19.6. The van der Waals surface area contributed by atoms with Crippen molar-refractivity contribution in [3.63, 3.8) is 0 Å². The lowest BCUT2D eigenvalue weighted by Gasteiger charge is -2.35. The topological polar surface area (TPSA) is 86.3 Å². The minimum Gasteiger partial charge on any atom is -0.497 e. The minimum atomic E-state index is -0.0672. The van der Waals surface area contributed by atoms with Crippen LogP contribution in [0.3, 0.4) is 0 Å². The van der Waals surface area contributed by atoms with Crippen LogP contribution in [0.15, 0.2) is 54.6 Å². The zero-order chi connectivity index (χ0) is 23.9. The second-order valence-corrected chi connectivity index (χ2v) is 7.71. The summed E-state index contributed by atoms with van der Waals surface area (Å²) in [6.07, 6.45) is 0. The van der Waals surface area contributed by atoms with Crippen LogP contribution in [0, 0.1) is 0 Å². The highest BCUT2D eigenvalue weighted by Crippen LogP contribution is 2.27. The van der Waals surface area contributed by atoms with Gasteiger partial charge < -0.3 is 28.7 Å². The number of nitrogens with zero attached hydrogens (tertiary/aromatic N) is 4. The molecule has 1 aromatic heterocycles. The number of ether oxygens (including phenoxy) is 4. The molecule has 2 heterocycles. The van der Waals surface area contributed by atoms with Gasteiger partial charge in [-0.2, -0.15) is 0 Å². The van der Waals surface area contributed by atoms with Crippen LogP contribution in [0.4, 0.5) is 5.82 Å². The molecule has 0 atom stereocenters. The number of piperazine rings is 1. The molecule has 0 N–H and O–H groups in total. The molecule has 2 aromatic carbocycles. The van der Waals surface area contributed by atoms with Gasteiger partial charge in [0.05, 0.1) is 27.0 Å². The molecule has 9 nitrogen and oxygen atoms in total. The Morgan fingerprint density at radius 1 is 0.765 bits per heavy atom. The molecular formula is C25H28N4O5. The molecule has 0 aliphatic carbocycles. The Hall–Kier alpha value is -4.01. The lowest BCUT2D eigenvalue weighted by Crippen LogP contribution is -2.50. The van der Waals surface area contributed by atoms with Gasteiger partial charge in [0.15, 0.2) is 12.4 Å². The van der Waals surface area contributed by atoms with E-state index < -0.39 is 0 Å². The number of carbonyl (C=O) groups excluding carboxylic acids is 1. The maximum Gasteiger partial charge on any atom is 0.260 e. The lowest BCUT2D eigenvalue weighted by atomic mass is 10.1. The van der Waals surface area contributed by atoms with Gasteiger partial charge in [-0.25, -0.2) is 0 Å². The van der Waals surface area contributed by atoms with Crippen LogP contribution in [0.25, 0.3) is 11.3 Å². The predicted octanol–water partition coefficient (Wildman–Crippen LogP) is 2.90. The maximum atomic E-state index is 12.7. The zero-order valence-corrected chi connectivity index (χ0v) is 19.6. The second-order valence-electron chi connectivity index (χ2n) is 7.71. The quantitative estimate of drug-likeness (QED) is 0.503. The molecule has 0 unspecified atom stereocenters. The molecule has 0 radical (unpaired) electrons. The predicted molar refractivity (Wildman–Crippen MR) is 128 cm³/mol. The fourth-order valence-electron chi connectivity index (χ4n) is 3.70. The Bertz CT molecular complexity index is 1080. The number of rotatable bonds is 8. The van der Waals surface area contributed by atoms with Crippen molar-refractivity contribution in [3.8, 4) is 34.3 Å². The number of carbonyl (C=O) groups is 1. The first-order valence-corrected chi connectivity index (χ1v) is 11.0. The average Bonchev–Trinajstić information content (AvgIpc) is 2.91. The third-order valence-electron chi connectivity index (χ3n) is 5.68. The van der Waals surface area contributed by atoms with E-state index in [-0.39, 0.29) is 12.5 Å². The summed E-state index contributed by atoms with van der Waals surface area (Å²) in [6.45, 7) is 2.48. The second kappa shape index (κ2) is 10.7. The molecular weight excluding hydrogens is 436 g/mol. The summed E-state index contributed by atoms with van der Waals surface area (Å²) in [5, 5.41) is 8.76. The van der Waals surface area contributed by atoms with E-state index in [1.165, 1.54) is 0 Å². The first kappa shape index (κ1) is 23.2. The molecule has 0 saturated carbocycles. The Labute approximate surface area is 198 Å². The van der Waals surface area contributed by atoms with Crippen molar-refractivity contribution in [2.45, 2.75) is 0 Å². The van der Waals surface area contributed by atoms with Gasteiger partial charge in [-0.15, -0.1) is 10.2 Å². The van der Waals surface area contributed by atoms with Gasteiger partial charge in [-0.1, -0.05) is 0 Å². The number of methoxy groups -OCH3 is 3. The Morgan fingerprint density at radius 3 is 1.94 bits per heavy atom. The van der Waals surface area contributed by atoms with Crippen molar-refractivity contribution in [1.82, 2.24) is 15.1 Å². The summed E-state index contributed by atoms with van der Waals surface area (Å²) >= 11 is 0. The highest BCUT2D eigenvalue weighted by molar-refractivity contribution is 5.78. The molecule has 1 aliphatic heterocycles. The molecule has 1 saturated heterocycles. The fraction of sp³-hybridized carbons (Fsp3) is 0.320. The van der Waals surface area contributed by atoms with Crippen molar-refractivity contribution in [2.24, 2.45) is 0 Å². The van der Waals surface area contributed by atoms with E-state index in [0.717, 1.165) is 22.8 Å². The highest BCUT2D eigenvalue weighted by atomic mass is 16.5. The van der Waals surface area contributed by atoms with E-state index in [2.05, 4.69) is 15.1 Å². The summed E-state index contributed by atoms with van der Waals surface area (Å²) in [7, 11) is 4.78. The Kier molecular flexibility index (Phi) is 7.31. The lowest BCUT2D eigenvalue weighted by molar-refractivity contribution is -0.133. The molecule has 1 fully saturated rings. The molecule has 4 rings (SSSR count).